The second-order valence-electron chi connectivity index (χ2n) is 8.86. The number of amides is 1. The molecule has 38 heavy (non-hydrogen) atoms. The number of carboxylic acids is 1. The van der Waals surface area contributed by atoms with Crippen LogP contribution in [0.25, 0.3) is 16.6 Å². The smallest absolute Gasteiger partial charge is 0.335 e. The van der Waals surface area contributed by atoms with E-state index in [-0.39, 0.29) is 18.0 Å². The molecule has 3 aromatic carbocycles. The molecule has 1 amide bonds. The van der Waals surface area contributed by atoms with E-state index in [0.29, 0.717) is 33.7 Å². The van der Waals surface area contributed by atoms with Crippen molar-refractivity contribution in [3.63, 3.8) is 0 Å². The quantitative estimate of drug-likeness (QED) is 0.244. The fourth-order valence-electron chi connectivity index (χ4n) is 4.33. The fraction of sp³-hybridized carbons (Fsp3) is 0.0667. The normalized spacial score (nSPS) is 11.0. The lowest BCUT2D eigenvalue weighted by atomic mass is 10.0. The van der Waals surface area contributed by atoms with Crippen molar-refractivity contribution in [2.24, 2.45) is 0 Å². The lowest BCUT2D eigenvalue weighted by Crippen LogP contribution is -2.23. The van der Waals surface area contributed by atoms with Gasteiger partial charge in [-0.15, -0.1) is 0 Å². The number of halogens is 3. The second-order valence-corrected chi connectivity index (χ2v) is 9.29. The summed E-state index contributed by atoms with van der Waals surface area (Å²) < 4.78 is 29.4. The van der Waals surface area contributed by atoms with Crippen molar-refractivity contribution in [1.82, 2.24) is 9.72 Å². The minimum atomic E-state index is -1.03. The zero-order valence-electron chi connectivity index (χ0n) is 19.9. The number of benzene rings is 3. The maximum absolute atomic E-state index is 14.0. The minimum Gasteiger partial charge on any atom is -0.478 e. The molecule has 0 fully saturated rings. The summed E-state index contributed by atoms with van der Waals surface area (Å²) in [5.74, 6) is -3.32. The van der Waals surface area contributed by atoms with Gasteiger partial charge in [-0.25, -0.2) is 13.6 Å². The molecule has 5 aromatic rings. The number of aromatic nitrogens is 1. The molecular formula is C30H21ClF2N2O3. The molecule has 0 aliphatic carbocycles. The van der Waals surface area contributed by atoms with Crippen LogP contribution >= 0.6 is 11.6 Å². The van der Waals surface area contributed by atoms with Crippen LogP contribution in [-0.4, -0.2) is 21.4 Å². The molecule has 2 heterocycles. The molecule has 0 saturated heterocycles. The largest absolute Gasteiger partial charge is 0.478 e. The Kier molecular flexibility index (Phi) is 6.94. The number of pyridine rings is 1. The number of rotatable bonds is 7. The van der Waals surface area contributed by atoms with Crippen LogP contribution in [0, 0.1) is 11.6 Å². The monoisotopic (exact) mass is 530 g/mol. The third-order valence-electron chi connectivity index (χ3n) is 6.29. The van der Waals surface area contributed by atoms with Gasteiger partial charge in [0.05, 0.1) is 16.6 Å². The van der Waals surface area contributed by atoms with Crippen LogP contribution in [-0.2, 0) is 13.0 Å². The van der Waals surface area contributed by atoms with E-state index in [0.717, 1.165) is 28.8 Å². The molecule has 0 atom stereocenters. The summed E-state index contributed by atoms with van der Waals surface area (Å²) in [6.07, 6.45) is 4.15. The first-order valence-corrected chi connectivity index (χ1v) is 12.1. The van der Waals surface area contributed by atoms with Gasteiger partial charge in [-0.1, -0.05) is 41.9 Å². The third-order valence-corrected chi connectivity index (χ3v) is 6.54. The number of hydrogen-bond acceptors (Lipinski definition) is 2. The van der Waals surface area contributed by atoms with Crippen LogP contribution in [0.3, 0.4) is 0 Å². The van der Waals surface area contributed by atoms with Gasteiger partial charge < -0.3 is 14.8 Å². The van der Waals surface area contributed by atoms with E-state index in [1.54, 1.807) is 40.9 Å². The highest BCUT2D eigenvalue weighted by molar-refractivity contribution is 6.30. The maximum atomic E-state index is 14.0. The zero-order valence-corrected chi connectivity index (χ0v) is 20.7. The van der Waals surface area contributed by atoms with E-state index >= 15 is 0 Å². The molecule has 0 unspecified atom stereocenters. The van der Waals surface area contributed by atoms with Crippen LogP contribution in [0.5, 0.6) is 0 Å². The van der Waals surface area contributed by atoms with Crippen molar-refractivity contribution >= 4 is 29.0 Å². The number of carbonyl (C=O) groups is 2. The standard InChI is InChI=1S/C30H21ClF2N2O3/c31-24-8-3-18(4-9-24)13-22-11-12-35-17-23(21-7-10-26(32)27(33)15-21)14-25(28(22)35)29(36)34-16-19-1-5-20(6-2-19)30(37)38/h1-12,14-15,17H,13,16H2,(H,34,36)(H,37,38). The maximum Gasteiger partial charge on any atom is 0.335 e. The molecule has 0 saturated carbocycles. The van der Waals surface area contributed by atoms with Crippen LogP contribution in [0.2, 0.25) is 5.02 Å². The SMILES string of the molecule is O=C(O)c1ccc(CNC(=O)c2cc(-c3ccc(F)c(F)c3)cn3ccc(Cc4ccc(Cl)cc4)c23)cc1. The Morgan fingerprint density at radius 2 is 1.55 bits per heavy atom. The molecule has 2 aromatic heterocycles. The molecule has 2 N–H and O–H groups in total. The van der Waals surface area contributed by atoms with Crippen molar-refractivity contribution in [3.05, 3.63) is 136 Å². The van der Waals surface area contributed by atoms with Gasteiger partial charge in [0.25, 0.3) is 5.91 Å². The minimum absolute atomic E-state index is 0.154. The Labute approximate surface area is 221 Å². The van der Waals surface area contributed by atoms with Gasteiger partial charge in [0.1, 0.15) is 0 Å². The molecular weight excluding hydrogens is 510 g/mol. The Morgan fingerprint density at radius 1 is 0.842 bits per heavy atom. The highest BCUT2D eigenvalue weighted by Crippen LogP contribution is 2.28. The molecule has 0 spiro atoms. The predicted molar refractivity (Wildman–Crippen MR) is 142 cm³/mol. The molecule has 8 heteroatoms. The number of fused-ring (bicyclic) bond motifs is 1. The number of aromatic carboxylic acids is 1. The first kappa shape index (κ1) is 25.2. The average molecular weight is 531 g/mol. The van der Waals surface area contributed by atoms with Gasteiger partial charge in [-0.3, -0.25) is 4.79 Å². The van der Waals surface area contributed by atoms with Gasteiger partial charge in [0.15, 0.2) is 11.6 Å². The highest BCUT2D eigenvalue weighted by Gasteiger charge is 2.18. The molecule has 5 rings (SSSR count). The first-order chi connectivity index (χ1) is 18.3. The fourth-order valence-corrected chi connectivity index (χ4v) is 4.46. The number of carboxylic acid groups (broad SMARTS) is 1. The van der Waals surface area contributed by atoms with E-state index in [2.05, 4.69) is 5.32 Å². The van der Waals surface area contributed by atoms with Crippen molar-refractivity contribution in [2.45, 2.75) is 13.0 Å². The van der Waals surface area contributed by atoms with Crippen molar-refractivity contribution in [1.29, 1.82) is 0 Å². The van der Waals surface area contributed by atoms with Gasteiger partial charge in [-0.2, -0.15) is 0 Å². The van der Waals surface area contributed by atoms with E-state index in [1.165, 1.54) is 18.2 Å². The van der Waals surface area contributed by atoms with Gasteiger partial charge in [0, 0.05) is 24.0 Å². The van der Waals surface area contributed by atoms with Crippen LogP contribution in [0.1, 0.15) is 37.4 Å². The molecule has 5 nitrogen and oxygen atoms in total. The van der Waals surface area contributed by atoms with E-state index < -0.39 is 17.6 Å². The van der Waals surface area contributed by atoms with Crippen molar-refractivity contribution < 1.29 is 23.5 Å². The zero-order chi connectivity index (χ0) is 26.8. The van der Waals surface area contributed by atoms with Crippen LogP contribution in [0.4, 0.5) is 8.78 Å². The molecule has 0 bridgehead atoms. The van der Waals surface area contributed by atoms with E-state index in [1.807, 2.05) is 24.4 Å². The van der Waals surface area contributed by atoms with Gasteiger partial charge in [0.2, 0.25) is 0 Å². The molecule has 0 radical (unpaired) electrons. The summed E-state index contributed by atoms with van der Waals surface area (Å²) in [6, 6.07) is 20.9. The Morgan fingerprint density at radius 3 is 2.24 bits per heavy atom. The second kappa shape index (κ2) is 10.5. The molecule has 0 aliphatic rings. The molecule has 0 aliphatic heterocycles. The summed E-state index contributed by atoms with van der Waals surface area (Å²) in [4.78, 5) is 24.6. The highest BCUT2D eigenvalue weighted by atomic mass is 35.5. The molecule has 190 valence electrons. The Hall–Kier alpha value is -4.49. The van der Waals surface area contributed by atoms with Crippen molar-refractivity contribution in [2.75, 3.05) is 0 Å². The number of carbonyl (C=O) groups excluding carboxylic acids is 1. The topological polar surface area (TPSA) is 70.8 Å². The predicted octanol–water partition coefficient (Wildman–Crippen LogP) is 6.76. The third kappa shape index (κ3) is 5.28. The summed E-state index contributed by atoms with van der Waals surface area (Å²) in [5, 5.41) is 12.6. The van der Waals surface area contributed by atoms with E-state index in [9.17, 15) is 18.4 Å². The summed E-state index contributed by atoms with van der Waals surface area (Å²) in [6.45, 7) is 0.174. The summed E-state index contributed by atoms with van der Waals surface area (Å²) in [7, 11) is 0. The summed E-state index contributed by atoms with van der Waals surface area (Å²) >= 11 is 6.02. The average Bonchev–Trinajstić information content (AvgIpc) is 3.32. The van der Waals surface area contributed by atoms with Crippen LogP contribution in [0.15, 0.2) is 91.3 Å². The van der Waals surface area contributed by atoms with Crippen LogP contribution < -0.4 is 5.32 Å². The van der Waals surface area contributed by atoms with Gasteiger partial charge >= 0.3 is 5.97 Å². The van der Waals surface area contributed by atoms with E-state index in [4.69, 9.17) is 16.7 Å². The summed E-state index contributed by atoms with van der Waals surface area (Å²) in [5.41, 5.74) is 4.82. The lowest BCUT2D eigenvalue weighted by Gasteiger charge is -2.13. The number of nitrogens with zero attached hydrogens (tertiary/aromatic N) is 1. The first-order valence-electron chi connectivity index (χ1n) is 11.7. The lowest BCUT2D eigenvalue weighted by molar-refractivity contribution is 0.0696. The van der Waals surface area contributed by atoms with Crippen molar-refractivity contribution in [3.8, 4) is 11.1 Å². The Balaban J connectivity index is 1.53. The number of nitrogens with one attached hydrogen (secondary N) is 1. The number of hydrogen-bond donors (Lipinski definition) is 2. The Bertz CT molecular complexity index is 1660. The van der Waals surface area contributed by atoms with Gasteiger partial charge in [-0.05, 0) is 82.8 Å².